The van der Waals surface area contributed by atoms with Crippen molar-refractivity contribution in [3.63, 3.8) is 0 Å². The van der Waals surface area contributed by atoms with Crippen molar-refractivity contribution in [3.05, 3.63) is 70.3 Å². The molecular weight excluding hydrogens is 240 g/mol. The normalized spacial score (nSPS) is 10.2. The van der Waals surface area contributed by atoms with E-state index in [0.717, 1.165) is 11.1 Å². The second kappa shape index (κ2) is 5.06. The van der Waals surface area contributed by atoms with Gasteiger partial charge in [-0.3, -0.25) is 4.79 Å². The standard InChI is InChI=1S/C16H14O3/c1-10-3-4-14(9-11(10)2)15(17)12-5-7-13(8-6-12)16(18)19/h3-9H,1-2H3,(H,18,19). The van der Waals surface area contributed by atoms with Gasteiger partial charge in [0.25, 0.3) is 0 Å². The highest BCUT2D eigenvalue weighted by molar-refractivity contribution is 6.09. The van der Waals surface area contributed by atoms with Gasteiger partial charge < -0.3 is 5.11 Å². The fourth-order valence-electron chi connectivity index (χ4n) is 1.81. The fraction of sp³-hybridized carbons (Fsp3) is 0.125. The Hall–Kier alpha value is -2.42. The number of carbonyl (C=O) groups is 2. The summed E-state index contributed by atoms with van der Waals surface area (Å²) in [7, 11) is 0. The minimum absolute atomic E-state index is 0.0972. The second-order valence-corrected chi connectivity index (χ2v) is 4.51. The number of benzene rings is 2. The maximum Gasteiger partial charge on any atom is 0.335 e. The average Bonchev–Trinajstić information content (AvgIpc) is 2.41. The molecule has 3 nitrogen and oxygen atoms in total. The van der Waals surface area contributed by atoms with Crippen LogP contribution in [0.2, 0.25) is 0 Å². The van der Waals surface area contributed by atoms with Gasteiger partial charge in [-0.1, -0.05) is 24.3 Å². The monoisotopic (exact) mass is 254 g/mol. The minimum Gasteiger partial charge on any atom is -0.478 e. The zero-order chi connectivity index (χ0) is 14.0. The maximum absolute atomic E-state index is 12.2. The van der Waals surface area contributed by atoms with Crippen LogP contribution in [0.15, 0.2) is 42.5 Å². The van der Waals surface area contributed by atoms with Crippen molar-refractivity contribution in [2.45, 2.75) is 13.8 Å². The summed E-state index contributed by atoms with van der Waals surface area (Å²) in [4.78, 5) is 23.0. The lowest BCUT2D eigenvalue weighted by Gasteiger charge is -2.05. The van der Waals surface area contributed by atoms with Crippen molar-refractivity contribution in [3.8, 4) is 0 Å². The van der Waals surface area contributed by atoms with Gasteiger partial charge in [0.2, 0.25) is 0 Å². The Morgan fingerprint density at radius 3 is 1.84 bits per heavy atom. The number of carboxylic acid groups (broad SMARTS) is 1. The summed E-state index contributed by atoms with van der Waals surface area (Å²) in [6.45, 7) is 3.95. The number of hydrogen-bond donors (Lipinski definition) is 1. The third kappa shape index (κ3) is 2.71. The first-order valence-corrected chi connectivity index (χ1v) is 5.94. The summed E-state index contributed by atoms with van der Waals surface area (Å²) in [6.07, 6.45) is 0. The fourth-order valence-corrected chi connectivity index (χ4v) is 1.81. The van der Waals surface area contributed by atoms with Gasteiger partial charge in [-0.25, -0.2) is 4.79 Å². The average molecular weight is 254 g/mol. The Labute approximate surface area is 111 Å². The highest BCUT2D eigenvalue weighted by Crippen LogP contribution is 2.15. The molecule has 96 valence electrons. The van der Waals surface area contributed by atoms with E-state index in [1.807, 2.05) is 26.0 Å². The Morgan fingerprint density at radius 1 is 0.789 bits per heavy atom. The quantitative estimate of drug-likeness (QED) is 0.855. The third-order valence-corrected chi connectivity index (χ3v) is 3.16. The van der Waals surface area contributed by atoms with Crippen LogP contribution in [0.4, 0.5) is 0 Å². The van der Waals surface area contributed by atoms with E-state index in [0.29, 0.717) is 11.1 Å². The van der Waals surface area contributed by atoms with Crippen LogP contribution in [0.1, 0.15) is 37.4 Å². The van der Waals surface area contributed by atoms with Gasteiger partial charge in [-0.05, 0) is 43.2 Å². The molecule has 19 heavy (non-hydrogen) atoms. The van der Waals surface area contributed by atoms with Crippen molar-refractivity contribution < 1.29 is 14.7 Å². The first-order chi connectivity index (χ1) is 8.99. The van der Waals surface area contributed by atoms with Gasteiger partial charge in [0.05, 0.1) is 5.56 Å². The molecule has 0 unspecified atom stereocenters. The van der Waals surface area contributed by atoms with Crippen molar-refractivity contribution in [1.29, 1.82) is 0 Å². The van der Waals surface area contributed by atoms with E-state index in [9.17, 15) is 9.59 Å². The van der Waals surface area contributed by atoms with E-state index in [1.165, 1.54) is 12.1 Å². The van der Waals surface area contributed by atoms with Crippen molar-refractivity contribution >= 4 is 11.8 Å². The number of carboxylic acids is 1. The Morgan fingerprint density at radius 2 is 1.32 bits per heavy atom. The molecule has 0 aliphatic heterocycles. The van der Waals surface area contributed by atoms with Crippen molar-refractivity contribution in [2.75, 3.05) is 0 Å². The van der Waals surface area contributed by atoms with Crippen LogP contribution in [-0.2, 0) is 0 Å². The SMILES string of the molecule is Cc1ccc(C(=O)c2ccc(C(=O)O)cc2)cc1C. The number of rotatable bonds is 3. The highest BCUT2D eigenvalue weighted by Gasteiger charge is 2.11. The van der Waals surface area contributed by atoms with Crippen molar-refractivity contribution in [2.24, 2.45) is 0 Å². The molecule has 2 aromatic rings. The lowest BCUT2D eigenvalue weighted by Crippen LogP contribution is -2.03. The molecule has 0 saturated carbocycles. The number of hydrogen-bond acceptors (Lipinski definition) is 2. The first kappa shape index (κ1) is 13.0. The van der Waals surface area contributed by atoms with Crippen LogP contribution in [0.5, 0.6) is 0 Å². The van der Waals surface area contributed by atoms with Gasteiger partial charge in [0.1, 0.15) is 0 Å². The smallest absolute Gasteiger partial charge is 0.335 e. The molecule has 0 spiro atoms. The summed E-state index contributed by atoms with van der Waals surface area (Å²) >= 11 is 0. The Kier molecular flexibility index (Phi) is 3.47. The molecule has 0 fully saturated rings. The Bertz CT molecular complexity index is 640. The molecule has 0 aliphatic carbocycles. The molecular formula is C16H14O3. The second-order valence-electron chi connectivity index (χ2n) is 4.51. The van der Waals surface area contributed by atoms with Crippen LogP contribution in [0, 0.1) is 13.8 Å². The molecule has 2 rings (SSSR count). The van der Waals surface area contributed by atoms with Crippen LogP contribution >= 0.6 is 0 Å². The van der Waals surface area contributed by atoms with Gasteiger partial charge in [0.15, 0.2) is 5.78 Å². The highest BCUT2D eigenvalue weighted by atomic mass is 16.4. The summed E-state index contributed by atoms with van der Waals surface area (Å²) in [5.74, 6) is -1.09. The third-order valence-electron chi connectivity index (χ3n) is 3.16. The molecule has 3 heteroatoms. The van der Waals surface area contributed by atoms with Crippen LogP contribution in [-0.4, -0.2) is 16.9 Å². The molecule has 0 aromatic heterocycles. The molecule has 0 radical (unpaired) electrons. The lowest BCUT2D eigenvalue weighted by atomic mass is 9.99. The lowest BCUT2D eigenvalue weighted by molar-refractivity contribution is 0.0696. The van der Waals surface area contributed by atoms with Gasteiger partial charge >= 0.3 is 5.97 Å². The minimum atomic E-state index is -0.995. The topological polar surface area (TPSA) is 54.4 Å². The zero-order valence-electron chi connectivity index (χ0n) is 10.8. The van der Waals surface area contributed by atoms with E-state index >= 15 is 0 Å². The summed E-state index contributed by atoms with van der Waals surface area (Å²) in [6, 6.07) is 11.5. The molecule has 2 aromatic carbocycles. The molecule has 0 amide bonds. The zero-order valence-corrected chi connectivity index (χ0v) is 10.8. The summed E-state index contributed by atoms with van der Waals surface area (Å²) in [5.41, 5.74) is 3.49. The molecule has 0 heterocycles. The molecule has 1 N–H and O–H groups in total. The van der Waals surface area contributed by atoms with E-state index in [-0.39, 0.29) is 11.3 Å². The summed E-state index contributed by atoms with van der Waals surface area (Å²) in [5, 5.41) is 8.81. The maximum atomic E-state index is 12.2. The number of aromatic carboxylic acids is 1. The Balaban J connectivity index is 2.33. The van der Waals surface area contributed by atoms with Crippen LogP contribution in [0.3, 0.4) is 0 Å². The van der Waals surface area contributed by atoms with E-state index in [2.05, 4.69) is 0 Å². The number of aryl methyl sites for hydroxylation is 2. The van der Waals surface area contributed by atoms with E-state index in [4.69, 9.17) is 5.11 Å². The number of carbonyl (C=O) groups excluding carboxylic acids is 1. The van der Waals surface area contributed by atoms with Crippen LogP contribution in [0.25, 0.3) is 0 Å². The predicted octanol–water partition coefficient (Wildman–Crippen LogP) is 3.23. The van der Waals surface area contributed by atoms with Gasteiger partial charge in [0, 0.05) is 11.1 Å². The number of ketones is 1. The van der Waals surface area contributed by atoms with E-state index in [1.54, 1.807) is 18.2 Å². The first-order valence-electron chi connectivity index (χ1n) is 5.94. The largest absolute Gasteiger partial charge is 0.478 e. The summed E-state index contributed by atoms with van der Waals surface area (Å²) < 4.78 is 0. The van der Waals surface area contributed by atoms with Crippen LogP contribution < -0.4 is 0 Å². The molecule has 0 aliphatic rings. The van der Waals surface area contributed by atoms with E-state index < -0.39 is 5.97 Å². The van der Waals surface area contributed by atoms with Gasteiger partial charge in [-0.15, -0.1) is 0 Å². The van der Waals surface area contributed by atoms with Gasteiger partial charge in [-0.2, -0.15) is 0 Å². The molecule has 0 saturated heterocycles. The predicted molar refractivity (Wildman–Crippen MR) is 72.7 cm³/mol. The molecule has 0 atom stereocenters. The molecule has 0 bridgehead atoms. The van der Waals surface area contributed by atoms with Crippen molar-refractivity contribution in [1.82, 2.24) is 0 Å².